The molecule has 0 fully saturated rings. The van der Waals surface area contributed by atoms with Crippen molar-refractivity contribution in [2.24, 2.45) is 13.0 Å². The van der Waals surface area contributed by atoms with Crippen LogP contribution in [0.3, 0.4) is 0 Å². The largest absolute Gasteiger partial charge is 0.316 e. The molecule has 2 aromatic heterocycles. The quantitative estimate of drug-likeness (QED) is 0.549. The van der Waals surface area contributed by atoms with Crippen molar-refractivity contribution in [3.63, 3.8) is 0 Å². The molecule has 30 heavy (non-hydrogen) atoms. The first-order chi connectivity index (χ1) is 14.5. The first kappa shape index (κ1) is 20.9. The number of thiophene rings is 1. The molecule has 9 heteroatoms. The van der Waals surface area contributed by atoms with Crippen LogP contribution in [0.5, 0.6) is 0 Å². The Labute approximate surface area is 188 Å². The van der Waals surface area contributed by atoms with Crippen LogP contribution in [0.4, 0.5) is 5.00 Å². The second-order valence-electron chi connectivity index (χ2n) is 7.38. The van der Waals surface area contributed by atoms with Gasteiger partial charge in [0.2, 0.25) is 5.91 Å². The van der Waals surface area contributed by atoms with Gasteiger partial charge in [0.15, 0.2) is 11.0 Å². The predicted octanol–water partition coefficient (Wildman–Crippen LogP) is 4.92. The Morgan fingerprint density at radius 3 is 2.90 bits per heavy atom. The molecule has 0 saturated carbocycles. The SMILES string of the molecule is CC1CCc2c(sc(NC(=O)CSc3nnc(-c4ccc(Cl)cc4)n3C)c2C#N)C1. The minimum atomic E-state index is -0.154. The number of rotatable bonds is 5. The fourth-order valence-corrected chi connectivity index (χ4v) is 5.76. The van der Waals surface area contributed by atoms with Crippen LogP contribution in [-0.2, 0) is 24.7 Å². The minimum absolute atomic E-state index is 0.154. The molecule has 1 aliphatic rings. The molecule has 1 unspecified atom stereocenters. The maximum atomic E-state index is 12.5. The Hall–Kier alpha value is -2.34. The number of fused-ring (bicyclic) bond motifs is 1. The highest BCUT2D eigenvalue weighted by molar-refractivity contribution is 7.99. The van der Waals surface area contributed by atoms with Crippen molar-refractivity contribution < 1.29 is 4.79 Å². The van der Waals surface area contributed by atoms with Crippen molar-refractivity contribution in [3.8, 4) is 17.5 Å². The van der Waals surface area contributed by atoms with Crippen LogP contribution in [0.1, 0.15) is 29.3 Å². The number of hydrogen-bond acceptors (Lipinski definition) is 6. The number of hydrogen-bond donors (Lipinski definition) is 1. The molecular weight excluding hydrogens is 438 g/mol. The summed E-state index contributed by atoms with van der Waals surface area (Å²) in [7, 11) is 1.87. The number of carbonyl (C=O) groups excluding carboxylic acids is 1. The summed E-state index contributed by atoms with van der Waals surface area (Å²) in [5, 5.41) is 22.9. The van der Waals surface area contributed by atoms with E-state index in [2.05, 4.69) is 28.5 Å². The van der Waals surface area contributed by atoms with E-state index in [1.807, 2.05) is 23.7 Å². The van der Waals surface area contributed by atoms with Crippen molar-refractivity contribution in [1.29, 1.82) is 5.26 Å². The van der Waals surface area contributed by atoms with Gasteiger partial charge in [-0.1, -0.05) is 30.3 Å². The zero-order valence-corrected chi connectivity index (χ0v) is 19.0. The maximum absolute atomic E-state index is 12.5. The monoisotopic (exact) mass is 457 g/mol. The third kappa shape index (κ3) is 4.24. The maximum Gasteiger partial charge on any atom is 0.235 e. The average Bonchev–Trinajstić information content (AvgIpc) is 3.26. The number of anilines is 1. The first-order valence-corrected chi connectivity index (χ1v) is 11.8. The van der Waals surface area contributed by atoms with E-state index in [-0.39, 0.29) is 11.7 Å². The second kappa shape index (κ2) is 8.80. The predicted molar refractivity (Wildman–Crippen MR) is 121 cm³/mol. The highest BCUT2D eigenvalue weighted by atomic mass is 35.5. The zero-order valence-electron chi connectivity index (χ0n) is 16.6. The summed E-state index contributed by atoms with van der Waals surface area (Å²) in [6.45, 7) is 2.22. The molecule has 1 N–H and O–H groups in total. The lowest BCUT2D eigenvalue weighted by molar-refractivity contribution is -0.113. The number of amides is 1. The van der Waals surface area contributed by atoms with E-state index in [9.17, 15) is 10.1 Å². The van der Waals surface area contributed by atoms with Crippen LogP contribution < -0.4 is 5.32 Å². The van der Waals surface area contributed by atoms with E-state index >= 15 is 0 Å². The van der Waals surface area contributed by atoms with Gasteiger partial charge in [0.1, 0.15) is 11.1 Å². The summed E-state index contributed by atoms with van der Waals surface area (Å²) in [5.41, 5.74) is 2.65. The summed E-state index contributed by atoms with van der Waals surface area (Å²) in [4.78, 5) is 13.8. The molecule has 0 saturated heterocycles. The molecule has 0 radical (unpaired) electrons. The Morgan fingerprint density at radius 2 is 2.17 bits per heavy atom. The van der Waals surface area contributed by atoms with E-state index in [0.717, 1.165) is 30.4 Å². The fourth-order valence-electron chi connectivity index (χ4n) is 3.54. The van der Waals surface area contributed by atoms with Gasteiger partial charge in [0, 0.05) is 22.5 Å². The standard InChI is InChI=1S/C21H20ClN5OS2/c1-12-3-8-15-16(10-23)20(30-17(15)9-12)24-18(28)11-29-21-26-25-19(27(21)2)13-4-6-14(22)7-5-13/h4-7,12H,3,8-9,11H2,1-2H3,(H,24,28). The van der Waals surface area contributed by atoms with E-state index in [0.29, 0.717) is 32.5 Å². The van der Waals surface area contributed by atoms with E-state index in [4.69, 9.17) is 11.6 Å². The number of halogens is 1. The van der Waals surface area contributed by atoms with Crippen molar-refractivity contribution in [2.75, 3.05) is 11.1 Å². The second-order valence-corrected chi connectivity index (χ2v) is 9.86. The van der Waals surface area contributed by atoms with E-state index in [1.165, 1.54) is 28.0 Å². The number of thioether (sulfide) groups is 1. The Bertz CT molecular complexity index is 1130. The van der Waals surface area contributed by atoms with Gasteiger partial charge in [-0.15, -0.1) is 21.5 Å². The number of aromatic nitrogens is 3. The summed E-state index contributed by atoms with van der Waals surface area (Å²) >= 11 is 8.80. The number of carbonyl (C=O) groups is 1. The number of nitrogens with one attached hydrogen (secondary N) is 1. The Balaban J connectivity index is 1.43. The number of benzene rings is 1. The van der Waals surface area contributed by atoms with Crippen LogP contribution >= 0.6 is 34.7 Å². The molecular formula is C21H20ClN5OS2. The van der Waals surface area contributed by atoms with Gasteiger partial charge < -0.3 is 9.88 Å². The highest BCUT2D eigenvalue weighted by Crippen LogP contribution is 2.39. The van der Waals surface area contributed by atoms with Gasteiger partial charge in [-0.25, -0.2) is 0 Å². The minimum Gasteiger partial charge on any atom is -0.316 e. The molecule has 1 aliphatic carbocycles. The van der Waals surface area contributed by atoms with Crippen LogP contribution in [0.15, 0.2) is 29.4 Å². The Morgan fingerprint density at radius 1 is 1.40 bits per heavy atom. The van der Waals surface area contributed by atoms with Crippen molar-refractivity contribution >= 4 is 45.6 Å². The summed E-state index contributed by atoms with van der Waals surface area (Å²) < 4.78 is 1.85. The third-order valence-corrected chi connectivity index (χ3v) is 7.59. The van der Waals surface area contributed by atoms with Gasteiger partial charge in [-0.3, -0.25) is 4.79 Å². The van der Waals surface area contributed by atoms with Crippen molar-refractivity contribution in [1.82, 2.24) is 14.8 Å². The summed E-state index contributed by atoms with van der Waals surface area (Å²) in [6, 6.07) is 9.67. The van der Waals surface area contributed by atoms with Crippen LogP contribution in [0.2, 0.25) is 5.02 Å². The molecule has 0 aliphatic heterocycles. The van der Waals surface area contributed by atoms with Crippen LogP contribution in [-0.4, -0.2) is 26.4 Å². The molecule has 0 bridgehead atoms. The third-order valence-electron chi connectivity index (χ3n) is 5.15. The van der Waals surface area contributed by atoms with E-state index < -0.39 is 0 Å². The Kier molecular flexibility index (Phi) is 6.14. The molecule has 1 atom stereocenters. The topological polar surface area (TPSA) is 83.6 Å². The molecule has 6 nitrogen and oxygen atoms in total. The molecule has 2 heterocycles. The number of nitrogens with zero attached hydrogens (tertiary/aromatic N) is 4. The van der Waals surface area contributed by atoms with Gasteiger partial charge in [-0.2, -0.15) is 5.26 Å². The molecule has 154 valence electrons. The number of nitriles is 1. The van der Waals surface area contributed by atoms with Gasteiger partial charge in [0.25, 0.3) is 0 Å². The first-order valence-electron chi connectivity index (χ1n) is 9.59. The summed E-state index contributed by atoms with van der Waals surface area (Å²) in [5.74, 6) is 1.37. The lowest BCUT2D eigenvalue weighted by Crippen LogP contribution is -2.14. The zero-order chi connectivity index (χ0) is 21.3. The fraction of sp³-hybridized carbons (Fsp3) is 0.333. The molecule has 1 amide bonds. The lowest BCUT2D eigenvalue weighted by Gasteiger charge is -2.17. The summed E-state index contributed by atoms with van der Waals surface area (Å²) in [6.07, 6.45) is 2.97. The average molecular weight is 458 g/mol. The molecule has 4 rings (SSSR count). The van der Waals surface area contributed by atoms with Gasteiger partial charge in [-0.05, 0) is 55.0 Å². The normalized spacial score (nSPS) is 15.5. The van der Waals surface area contributed by atoms with Crippen molar-refractivity contribution in [2.45, 2.75) is 31.3 Å². The van der Waals surface area contributed by atoms with Crippen LogP contribution in [0.25, 0.3) is 11.4 Å². The lowest BCUT2D eigenvalue weighted by atomic mass is 9.89. The molecule has 0 spiro atoms. The van der Waals surface area contributed by atoms with Gasteiger partial charge in [0.05, 0.1) is 11.3 Å². The molecule has 1 aromatic carbocycles. The highest BCUT2D eigenvalue weighted by Gasteiger charge is 2.24. The van der Waals surface area contributed by atoms with Gasteiger partial charge >= 0.3 is 0 Å². The van der Waals surface area contributed by atoms with Crippen molar-refractivity contribution in [3.05, 3.63) is 45.3 Å². The molecule has 3 aromatic rings. The van der Waals surface area contributed by atoms with Crippen LogP contribution in [0, 0.1) is 17.2 Å². The van der Waals surface area contributed by atoms with E-state index in [1.54, 1.807) is 12.1 Å². The smallest absolute Gasteiger partial charge is 0.235 e.